The quantitative estimate of drug-likeness (QED) is 0.359. The lowest BCUT2D eigenvalue weighted by molar-refractivity contribution is -0.142. The van der Waals surface area contributed by atoms with Crippen LogP contribution in [0.4, 0.5) is 0 Å². The number of fused-ring (bicyclic) bond motifs is 1. The van der Waals surface area contributed by atoms with Gasteiger partial charge >= 0.3 is 0 Å². The van der Waals surface area contributed by atoms with Crippen LogP contribution in [-0.4, -0.2) is 85.9 Å². The maximum atomic E-state index is 12.6. The van der Waals surface area contributed by atoms with Gasteiger partial charge in [-0.05, 0) is 26.2 Å². The number of hydrogen-bond acceptors (Lipinski definition) is 4. The van der Waals surface area contributed by atoms with Crippen molar-refractivity contribution in [1.82, 2.24) is 15.1 Å². The zero-order valence-electron chi connectivity index (χ0n) is 17.4. The number of guanidine groups is 1. The molecule has 1 aliphatic carbocycles. The Morgan fingerprint density at radius 3 is 2.46 bits per heavy atom. The fourth-order valence-corrected chi connectivity index (χ4v) is 5.26. The summed E-state index contributed by atoms with van der Waals surface area (Å²) in [5.74, 6) is 1.75. The van der Waals surface area contributed by atoms with E-state index in [0.717, 1.165) is 71.2 Å². The highest BCUT2D eigenvalue weighted by Gasteiger charge is 2.59. The number of carbonyl (C=O) groups excluding carboxylic acids is 1. The second-order valence-corrected chi connectivity index (χ2v) is 8.80. The summed E-state index contributed by atoms with van der Waals surface area (Å²) in [4.78, 5) is 21.6. The van der Waals surface area contributed by atoms with E-state index in [-0.39, 0.29) is 41.4 Å². The van der Waals surface area contributed by atoms with Crippen molar-refractivity contribution in [2.45, 2.75) is 58.3 Å². The molecule has 0 spiro atoms. The third-order valence-corrected chi connectivity index (χ3v) is 6.79. The van der Waals surface area contributed by atoms with Crippen LogP contribution in [0.1, 0.15) is 40.0 Å². The van der Waals surface area contributed by atoms with Gasteiger partial charge in [-0.2, -0.15) is 0 Å². The van der Waals surface area contributed by atoms with Gasteiger partial charge in [0.05, 0.1) is 6.10 Å². The second-order valence-electron chi connectivity index (χ2n) is 8.80. The normalized spacial score (nSPS) is 34.5. The molecule has 28 heavy (non-hydrogen) atoms. The van der Waals surface area contributed by atoms with Crippen molar-refractivity contribution < 1.29 is 14.3 Å². The number of halogens is 1. The van der Waals surface area contributed by atoms with Gasteiger partial charge in [0.2, 0.25) is 0 Å². The monoisotopic (exact) mass is 506 g/mol. The standard InChI is InChI=1S/C20H34N4O3.HI/c1-4-21-19(22-16-14-7-13-27-17(14)20(16,2)3)24-10-8-23(9-11-24)18(25)15-6-5-12-26-15;/h14-17H,4-13H2,1-3H3,(H,21,22);1H. The molecule has 4 rings (SSSR count). The van der Waals surface area contributed by atoms with E-state index in [1.165, 1.54) is 0 Å². The molecule has 0 radical (unpaired) electrons. The molecule has 0 aromatic carbocycles. The highest BCUT2D eigenvalue weighted by atomic mass is 127. The SMILES string of the molecule is CCN=C(NC1C2CCOC2C1(C)C)N1CCN(C(=O)C2CCCO2)CC1.I. The lowest BCUT2D eigenvalue weighted by Gasteiger charge is -2.55. The van der Waals surface area contributed by atoms with E-state index in [1.807, 2.05) is 4.90 Å². The van der Waals surface area contributed by atoms with Gasteiger partial charge in [-0.25, -0.2) is 0 Å². The van der Waals surface area contributed by atoms with Crippen LogP contribution in [0.5, 0.6) is 0 Å². The number of rotatable bonds is 3. The third-order valence-electron chi connectivity index (χ3n) is 6.79. The molecule has 4 aliphatic rings. The zero-order chi connectivity index (χ0) is 19.0. The number of carbonyl (C=O) groups is 1. The summed E-state index contributed by atoms with van der Waals surface area (Å²) in [7, 11) is 0. The average molecular weight is 506 g/mol. The van der Waals surface area contributed by atoms with Gasteiger partial charge in [-0.3, -0.25) is 9.79 Å². The largest absolute Gasteiger partial charge is 0.377 e. The molecule has 1 saturated carbocycles. The van der Waals surface area contributed by atoms with Gasteiger partial charge in [-0.15, -0.1) is 24.0 Å². The number of amides is 1. The Morgan fingerprint density at radius 1 is 1.11 bits per heavy atom. The number of nitrogens with one attached hydrogen (secondary N) is 1. The summed E-state index contributed by atoms with van der Waals surface area (Å²) in [5.41, 5.74) is 0.132. The lowest BCUT2D eigenvalue weighted by atomic mass is 9.57. The predicted octanol–water partition coefficient (Wildman–Crippen LogP) is 1.71. The number of nitrogens with zero attached hydrogens (tertiary/aromatic N) is 3. The first-order valence-corrected chi connectivity index (χ1v) is 10.6. The van der Waals surface area contributed by atoms with Crippen molar-refractivity contribution in [3.63, 3.8) is 0 Å². The Hall–Kier alpha value is -0.610. The molecular weight excluding hydrogens is 471 g/mol. The third kappa shape index (κ3) is 4.01. The van der Waals surface area contributed by atoms with E-state index in [9.17, 15) is 4.79 Å². The first-order valence-electron chi connectivity index (χ1n) is 10.6. The van der Waals surface area contributed by atoms with Crippen LogP contribution >= 0.6 is 24.0 Å². The number of aliphatic imine (C=N–C) groups is 1. The van der Waals surface area contributed by atoms with Crippen molar-refractivity contribution in [2.24, 2.45) is 16.3 Å². The van der Waals surface area contributed by atoms with Crippen LogP contribution in [-0.2, 0) is 14.3 Å². The molecule has 160 valence electrons. The van der Waals surface area contributed by atoms with Crippen LogP contribution in [0.3, 0.4) is 0 Å². The summed E-state index contributed by atoms with van der Waals surface area (Å²) in [6, 6.07) is 0.404. The Morgan fingerprint density at radius 2 is 1.82 bits per heavy atom. The van der Waals surface area contributed by atoms with Crippen LogP contribution < -0.4 is 5.32 Å². The van der Waals surface area contributed by atoms with E-state index in [4.69, 9.17) is 14.5 Å². The average Bonchev–Trinajstić information content (AvgIpc) is 3.35. The minimum atomic E-state index is -0.214. The maximum absolute atomic E-state index is 12.6. The van der Waals surface area contributed by atoms with E-state index < -0.39 is 0 Å². The number of piperazine rings is 1. The molecule has 3 aliphatic heterocycles. The predicted molar refractivity (Wildman–Crippen MR) is 119 cm³/mol. The fourth-order valence-electron chi connectivity index (χ4n) is 5.26. The molecule has 0 aromatic rings. The molecule has 8 heteroatoms. The van der Waals surface area contributed by atoms with Crippen molar-refractivity contribution in [3.8, 4) is 0 Å². The first kappa shape index (κ1) is 22.1. The van der Waals surface area contributed by atoms with Crippen LogP contribution in [0.15, 0.2) is 4.99 Å². The van der Waals surface area contributed by atoms with Crippen LogP contribution in [0.25, 0.3) is 0 Å². The molecule has 1 N–H and O–H groups in total. The zero-order valence-corrected chi connectivity index (χ0v) is 19.7. The Balaban J connectivity index is 0.00000225. The topological polar surface area (TPSA) is 66.4 Å². The summed E-state index contributed by atoms with van der Waals surface area (Å²) in [5, 5.41) is 3.75. The lowest BCUT2D eigenvalue weighted by Crippen LogP contribution is -2.69. The smallest absolute Gasteiger partial charge is 0.251 e. The van der Waals surface area contributed by atoms with Gasteiger partial charge in [0.1, 0.15) is 6.10 Å². The van der Waals surface area contributed by atoms with E-state index in [2.05, 4.69) is 31.0 Å². The number of ether oxygens (including phenoxy) is 2. The molecular formula is C20H35IN4O3. The van der Waals surface area contributed by atoms with Crippen LogP contribution in [0, 0.1) is 11.3 Å². The highest BCUT2D eigenvalue weighted by Crippen LogP contribution is 2.52. The molecule has 1 amide bonds. The second kappa shape index (κ2) is 9.04. The first-order chi connectivity index (χ1) is 13.0. The van der Waals surface area contributed by atoms with Crippen molar-refractivity contribution in [3.05, 3.63) is 0 Å². The van der Waals surface area contributed by atoms with Crippen molar-refractivity contribution in [1.29, 1.82) is 0 Å². The van der Waals surface area contributed by atoms with Gasteiger partial charge in [0.25, 0.3) is 5.91 Å². The molecule has 0 bridgehead atoms. The minimum absolute atomic E-state index is 0. The van der Waals surface area contributed by atoms with Crippen molar-refractivity contribution in [2.75, 3.05) is 45.9 Å². The molecule has 3 heterocycles. The van der Waals surface area contributed by atoms with Gasteiger partial charge in [0, 0.05) is 63.3 Å². The van der Waals surface area contributed by atoms with Crippen LogP contribution in [0.2, 0.25) is 0 Å². The maximum Gasteiger partial charge on any atom is 0.251 e. The highest BCUT2D eigenvalue weighted by molar-refractivity contribution is 14.0. The summed E-state index contributed by atoms with van der Waals surface area (Å²) in [6.07, 6.45) is 3.16. The molecule has 7 nitrogen and oxygen atoms in total. The fraction of sp³-hybridized carbons (Fsp3) is 0.900. The molecule has 4 atom stereocenters. The van der Waals surface area contributed by atoms with E-state index >= 15 is 0 Å². The Kier molecular flexibility index (Phi) is 7.13. The van der Waals surface area contributed by atoms with Crippen molar-refractivity contribution >= 4 is 35.8 Å². The molecule has 3 saturated heterocycles. The molecule has 0 aromatic heterocycles. The minimum Gasteiger partial charge on any atom is -0.377 e. The summed E-state index contributed by atoms with van der Waals surface area (Å²) < 4.78 is 11.5. The van der Waals surface area contributed by atoms with E-state index in [0.29, 0.717) is 18.1 Å². The van der Waals surface area contributed by atoms with Gasteiger partial charge in [0.15, 0.2) is 5.96 Å². The van der Waals surface area contributed by atoms with Gasteiger partial charge in [-0.1, -0.05) is 13.8 Å². The molecule has 4 fully saturated rings. The Labute approximate surface area is 185 Å². The molecule has 4 unspecified atom stereocenters. The summed E-state index contributed by atoms with van der Waals surface area (Å²) in [6.45, 7) is 12.1. The summed E-state index contributed by atoms with van der Waals surface area (Å²) >= 11 is 0. The van der Waals surface area contributed by atoms with Gasteiger partial charge < -0.3 is 24.6 Å². The Bertz CT molecular complexity index is 586. The van der Waals surface area contributed by atoms with E-state index in [1.54, 1.807) is 0 Å². The number of hydrogen-bond donors (Lipinski definition) is 1.